The molecule has 1 aliphatic rings. The summed E-state index contributed by atoms with van der Waals surface area (Å²) in [5.74, 6) is 0.332. The molecule has 2 aromatic carbocycles. The molecule has 0 aliphatic carbocycles. The zero-order valence-corrected chi connectivity index (χ0v) is 11.0. The second-order valence-electron chi connectivity index (χ2n) is 4.44. The highest BCUT2D eigenvalue weighted by atomic mass is 35.5. The molecule has 0 aromatic heterocycles. The number of aliphatic imine (C=N–C) groups is 1. The van der Waals surface area contributed by atoms with E-state index >= 15 is 0 Å². The summed E-state index contributed by atoms with van der Waals surface area (Å²) >= 11 is 0. The van der Waals surface area contributed by atoms with Crippen molar-refractivity contribution >= 4 is 18.2 Å². The third-order valence-corrected chi connectivity index (χ3v) is 3.26. The van der Waals surface area contributed by atoms with Gasteiger partial charge in [-0.25, -0.2) is 4.39 Å². The Balaban J connectivity index is 0.00000133. The first-order valence-corrected chi connectivity index (χ1v) is 5.91. The van der Waals surface area contributed by atoms with Crippen LogP contribution in [0.4, 0.5) is 4.39 Å². The zero-order valence-electron chi connectivity index (χ0n) is 10.2. The molecular formula is C15H14ClFN2. The van der Waals surface area contributed by atoms with Crippen LogP contribution in [-0.4, -0.2) is 5.84 Å². The van der Waals surface area contributed by atoms with Crippen molar-refractivity contribution in [2.45, 2.75) is 12.5 Å². The fraction of sp³-hybridized carbons (Fsp3) is 0.133. The van der Waals surface area contributed by atoms with Gasteiger partial charge in [-0.2, -0.15) is 0 Å². The molecule has 2 aromatic rings. The van der Waals surface area contributed by atoms with Crippen LogP contribution in [0.25, 0.3) is 0 Å². The lowest BCUT2D eigenvalue weighted by atomic mass is 9.92. The Labute approximate surface area is 117 Å². The maximum absolute atomic E-state index is 12.9. The maximum Gasteiger partial charge on any atom is 0.126 e. The van der Waals surface area contributed by atoms with Gasteiger partial charge < -0.3 is 5.73 Å². The van der Waals surface area contributed by atoms with Gasteiger partial charge in [-0.1, -0.05) is 36.4 Å². The van der Waals surface area contributed by atoms with Gasteiger partial charge in [0.05, 0.1) is 6.04 Å². The van der Waals surface area contributed by atoms with Crippen molar-refractivity contribution in [3.05, 3.63) is 71.0 Å². The number of hydrogen-bond acceptors (Lipinski definition) is 2. The minimum Gasteiger partial charge on any atom is -0.383 e. The largest absolute Gasteiger partial charge is 0.383 e. The van der Waals surface area contributed by atoms with Crippen LogP contribution >= 0.6 is 12.4 Å². The maximum atomic E-state index is 12.9. The number of nitrogens with two attached hydrogens (primary N) is 1. The highest BCUT2D eigenvalue weighted by molar-refractivity contribution is 5.99. The van der Waals surface area contributed by atoms with Crippen molar-refractivity contribution < 1.29 is 4.39 Å². The summed E-state index contributed by atoms with van der Waals surface area (Å²) in [4.78, 5) is 4.50. The molecule has 98 valence electrons. The minimum absolute atomic E-state index is 0. The van der Waals surface area contributed by atoms with Crippen molar-refractivity contribution in [1.82, 2.24) is 0 Å². The number of nitrogens with zero attached hydrogens (tertiary/aromatic N) is 1. The quantitative estimate of drug-likeness (QED) is 0.853. The summed E-state index contributed by atoms with van der Waals surface area (Å²) in [5.41, 5.74) is 9.18. The van der Waals surface area contributed by atoms with Gasteiger partial charge in [-0.15, -0.1) is 12.4 Å². The number of hydrogen-bond donors (Lipinski definition) is 1. The molecule has 1 aliphatic heterocycles. The molecule has 0 saturated heterocycles. The number of rotatable bonds is 1. The third kappa shape index (κ3) is 2.61. The predicted molar refractivity (Wildman–Crippen MR) is 77.3 cm³/mol. The van der Waals surface area contributed by atoms with Gasteiger partial charge in [-0.3, -0.25) is 4.99 Å². The second kappa shape index (κ2) is 5.41. The SMILES string of the molecule is Cl.NC1=NC(c2ccc(F)cc2)Cc2ccccc21. The van der Waals surface area contributed by atoms with Crippen LogP contribution in [0.1, 0.15) is 22.7 Å². The summed E-state index contributed by atoms with van der Waals surface area (Å²) in [6.07, 6.45) is 0.808. The summed E-state index contributed by atoms with van der Waals surface area (Å²) in [6.45, 7) is 0. The van der Waals surface area contributed by atoms with Crippen LogP contribution in [0.15, 0.2) is 53.5 Å². The van der Waals surface area contributed by atoms with Gasteiger partial charge in [0.15, 0.2) is 0 Å². The van der Waals surface area contributed by atoms with E-state index in [1.807, 2.05) is 18.2 Å². The summed E-state index contributed by atoms with van der Waals surface area (Å²) in [6, 6.07) is 14.4. The van der Waals surface area contributed by atoms with Crippen LogP contribution in [-0.2, 0) is 6.42 Å². The molecule has 0 fully saturated rings. The Morgan fingerprint density at radius 1 is 1.05 bits per heavy atom. The van der Waals surface area contributed by atoms with E-state index in [0.29, 0.717) is 5.84 Å². The molecule has 1 unspecified atom stereocenters. The van der Waals surface area contributed by atoms with Crippen LogP contribution < -0.4 is 5.73 Å². The van der Waals surface area contributed by atoms with Gasteiger partial charge in [0.1, 0.15) is 11.7 Å². The molecule has 2 nitrogen and oxygen atoms in total. The van der Waals surface area contributed by atoms with Gasteiger partial charge in [0, 0.05) is 5.56 Å². The third-order valence-electron chi connectivity index (χ3n) is 3.26. The molecule has 0 radical (unpaired) electrons. The van der Waals surface area contributed by atoms with E-state index in [-0.39, 0.29) is 24.3 Å². The van der Waals surface area contributed by atoms with Crippen molar-refractivity contribution in [3.8, 4) is 0 Å². The van der Waals surface area contributed by atoms with Crippen LogP contribution in [0.2, 0.25) is 0 Å². The first-order valence-electron chi connectivity index (χ1n) is 5.91. The van der Waals surface area contributed by atoms with Crippen molar-refractivity contribution in [3.63, 3.8) is 0 Å². The fourth-order valence-corrected chi connectivity index (χ4v) is 2.32. The summed E-state index contributed by atoms with van der Waals surface area (Å²) in [5, 5.41) is 0. The fourth-order valence-electron chi connectivity index (χ4n) is 2.32. The summed E-state index contributed by atoms with van der Waals surface area (Å²) in [7, 11) is 0. The molecule has 19 heavy (non-hydrogen) atoms. The van der Waals surface area contributed by atoms with E-state index in [2.05, 4.69) is 11.1 Å². The minimum atomic E-state index is -0.230. The van der Waals surface area contributed by atoms with E-state index in [1.54, 1.807) is 12.1 Å². The molecule has 1 atom stereocenters. The van der Waals surface area contributed by atoms with E-state index < -0.39 is 0 Å². The van der Waals surface area contributed by atoms with Crippen LogP contribution in [0.5, 0.6) is 0 Å². The first kappa shape index (κ1) is 13.6. The van der Waals surface area contributed by atoms with E-state index in [0.717, 1.165) is 17.5 Å². The Kier molecular flexibility index (Phi) is 3.86. The molecule has 3 rings (SSSR count). The molecule has 0 bridgehead atoms. The average molecular weight is 277 g/mol. The zero-order chi connectivity index (χ0) is 12.5. The molecular weight excluding hydrogens is 263 g/mol. The number of benzene rings is 2. The van der Waals surface area contributed by atoms with Crippen molar-refractivity contribution in [1.29, 1.82) is 0 Å². The van der Waals surface area contributed by atoms with Gasteiger partial charge in [-0.05, 0) is 29.7 Å². The number of amidine groups is 1. The van der Waals surface area contributed by atoms with E-state index in [4.69, 9.17) is 5.73 Å². The van der Waals surface area contributed by atoms with Gasteiger partial charge in [0.25, 0.3) is 0 Å². The van der Waals surface area contributed by atoms with E-state index in [9.17, 15) is 4.39 Å². The van der Waals surface area contributed by atoms with Crippen LogP contribution in [0, 0.1) is 5.82 Å². The number of fused-ring (bicyclic) bond motifs is 1. The second-order valence-corrected chi connectivity index (χ2v) is 4.44. The Hall–Kier alpha value is -1.87. The molecule has 0 amide bonds. The van der Waals surface area contributed by atoms with E-state index in [1.165, 1.54) is 17.7 Å². The predicted octanol–water partition coefficient (Wildman–Crippen LogP) is 3.25. The molecule has 0 spiro atoms. The topological polar surface area (TPSA) is 38.4 Å². The van der Waals surface area contributed by atoms with Crippen molar-refractivity contribution in [2.24, 2.45) is 10.7 Å². The normalized spacial score (nSPS) is 17.1. The highest BCUT2D eigenvalue weighted by Crippen LogP contribution is 2.28. The smallest absolute Gasteiger partial charge is 0.126 e. The lowest BCUT2D eigenvalue weighted by Crippen LogP contribution is -2.22. The lowest BCUT2D eigenvalue weighted by molar-refractivity contribution is 0.624. The Morgan fingerprint density at radius 3 is 2.47 bits per heavy atom. The highest BCUT2D eigenvalue weighted by Gasteiger charge is 2.20. The van der Waals surface area contributed by atoms with Crippen LogP contribution in [0.3, 0.4) is 0 Å². The standard InChI is InChI=1S/C15H13FN2.ClH/c16-12-7-5-10(6-8-12)14-9-11-3-1-2-4-13(11)15(17)18-14;/h1-8,14H,9H2,(H2,17,18);1H. The van der Waals surface area contributed by atoms with Gasteiger partial charge >= 0.3 is 0 Å². The molecule has 1 heterocycles. The molecule has 4 heteroatoms. The molecule has 2 N–H and O–H groups in total. The van der Waals surface area contributed by atoms with Crippen molar-refractivity contribution in [2.75, 3.05) is 0 Å². The summed E-state index contributed by atoms with van der Waals surface area (Å²) < 4.78 is 12.9. The monoisotopic (exact) mass is 276 g/mol. The van der Waals surface area contributed by atoms with Gasteiger partial charge in [0.2, 0.25) is 0 Å². The Morgan fingerprint density at radius 2 is 1.74 bits per heavy atom. The number of halogens is 2. The lowest BCUT2D eigenvalue weighted by Gasteiger charge is -2.21. The molecule has 0 saturated carbocycles. The first-order chi connectivity index (χ1) is 8.74. The average Bonchev–Trinajstić information content (AvgIpc) is 2.39. The Bertz CT molecular complexity index is 608.